The Morgan fingerprint density at radius 2 is 1.72 bits per heavy atom. The summed E-state index contributed by atoms with van der Waals surface area (Å²) in [6.07, 6.45) is 3.05. The molecule has 2 heterocycles. The highest BCUT2D eigenvalue weighted by Gasteiger charge is 2.18. The van der Waals surface area contributed by atoms with E-state index in [1.165, 1.54) is 16.8 Å². The second kappa shape index (κ2) is 8.97. The Kier molecular flexibility index (Phi) is 6.16. The minimum atomic E-state index is 0.710. The summed E-state index contributed by atoms with van der Waals surface area (Å²) >= 11 is 6.26. The molecule has 29 heavy (non-hydrogen) atoms. The number of nitrogens with zero attached hydrogens (tertiary/aromatic N) is 5. The first-order chi connectivity index (χ1) is 14.1. The Balaban J connectivity index is 1.25. The van der Waals surface area contributed by atoms with Gasteiger partial charge >= 0.3 is 0 Å². The number of piperazine rings is 1. The van der Waals surface area contributed by atoms with E-state index in [1.807, 2.05) is 35.1 Å². The van der Waals surface area contributed by atoms with Crippen LogP contribution in [0.4, 0.5) is 5.69 Å². The minimum Gasteiger partial charge on any atom is -0.369 e. The third kappa shape index (κ3) is 4.62. The molecule has 0 amide bonds. The van der Waals surface area contributed by atoms with Crippen molar-refractivity contribution in [3.8, 4) is 11.3 Å². The van der Waals surface area contributed by atoms with Gasteiger partial charge in [0.1, 0.15) is 5.69 Å². The average molecular weight is 410 g/mol. The van der Waals surface area contributed by atoms with Crippen LogP contribution in [0, 0.1) is 13.8 Å². The molecule has 1 saturated heterocycles. The number of halogens is 1. The van der Waals surface area contributed by atoms with E-state index in [1.54, 1.807) is 0 Å². The Hall–Kier alpha value is -2.37. The summed E-state index contributed by atoms with van der Waals surface area (Å²) < 4.78 is 1.92. The van der Waals surface area contributed by atoms with E-state index in [0.717, 1.165) is 56.9 Å². The van der Waals surface area contributed by atoms with E-state index < -0.39 is 0 Å². The van der Waals surface area contributed by atoms with Crippen molar-refractivity contribution in [3.05, 3.63) is 64.8 Å². The maximum atomic E-state index is 6.26. The first-order valence-corrected chi connectivity index (χ1v) is 10.7. The van der Waals surface area contributed by atoms with Gasteiger partial charge in [0.25, 0.3) is 0 Å². The zero-order valence-corrected chi connectivity index (χ0v) is 17.9. The maximum Gasteiger partial charge on any atom is 0.114 e. The molecule has 0 unspecified atom stereocenters. The Labute approximate surface area is 177 Å². The molecule has 0 aliphatic carbocycles. The predicted molar refractivity (Wildman–Crippen MR) is 120 cm³/mol. The van der Waals surface area contributed by atoms with Crippen LogP contribution in [0.1, 0.15) is 17.5 Å². The molecule has 1 aliphatic heterocycles. The van der Waals surface area contributed by atoms with Crippen molar-refractivity contribution in [2.45, 2.75) is 26.8 Å². The molecule has 6 heteroatoms. The third-order valence-electron chi connectivity index (χ3n) is 5.84. The van der Waals surface area contributed by atoms with Gasteiger partial charge in [0.2, 0.25) is 0 Å². The van der Waals surface area contributed by atoms with E-state index in [-0.39, 0.29) is 0 Å². The summed E-state index contributed by atoms with van der Waals surface area (Å²) in [5.74, 6) is 0. The molecular weight excluding hydrogens is 382 g/mol. The number of benzene rings is 2. The van der Waals surface area contributed by atoms with Gasteiger partial charge in [-0.05, 0) is 43.5 Å². The van der Waals surface area contributed by atoms with E-state index in [9.17, 15) is 0 Å². The van der Waals surface area contributed by atoms with Crippen molar-refractivity contribution in [1.29, 1.82) is 0 Å². The van der Waals surface area contributed by atoms with Gasteiger partial charge < -0.3 is 4.90 Å². The molecule has 1 aromatic heterocycles. The van der Waals surface area contributed by atoms with Crippen LogP contribution in [0.25, 0.3) is 11.3 Å². The fourth-order valence-electron chi connectivity index (χ4n) is 3.95. The summed E-state index contributed by atoms with van der Waals surface area (Å²) in [6, 6.07) is 14.4. The Bertz CT molecular complexity index is 959. The first kappa shape index (κ1) is 19.9. The van der Waals surface area contributed by atoms with Crippen molar-refractivity contribution in [2.75, 3.05) is 37.6 Å². The van der Waals surface area contributed by atoms with Crippen LogP contribution in [-0.4, -0.2) is 52.6 Å². The molecule has 152 valence electrons. The van der Waals surface area contributed by atoms with E-state index in [2.05, 4.69) is 52.2 Å². The monoisotopic (exact) mass is 409 g/mol. The van der Waals surface area contributed by atoms with Crippen LogP contribution in [0.15, 0.2) is 48.7 Å². The van der Waals surface area contributed by atoms with E-state index in [0.29, 0.717) is 5.02 Å². The summed E-state index contributed by atoms with van der Waals surface area (Å²) in [5.41, 5.74) is 5.93. The molecule has 0 saturated carbocycles. The molecule has 0 N–H and O–H groups in total. The van der Waals surface area contributed by atoms with Gasteiger partial charge in [-0.3, -0.25) is 9.58 Å². The molecule has 0 spiro atoms. The maximum absolute atomic E-state index is 6.26. The highest BCUT2D eigenvalue weighted by atomic mass is 35.5. The summed E-state index contributed by atoms with van der Waals surface area (Å²) in [4.78, 5) is 5.07. The van der Waals surface area contributed by atoms with Gasteiger partial charge in [-0.2, -0.15) is 0 Å². The quantitative estimate of drug-likeness (QED) is 0.603. The SMILES string of the molecule is Cc1cccc(N2CCN(CCCn3cc(-c4ccccc4Cl)nn3)CC2)c1C. The predicted octanol–water partition coefficient (Wildman–Crippen LogP) is 4.43. The first-order valence-electron chi connectivity index (χ1n) is 10.3. The van der Waals surface area contributed by atoms with Crippen molar-refractivity contribution >= 4 is 17.3 Å². The van der Waals surface area contributed by atoms with E-state index in [4.69, 9.17) is 11.6 Å². The topological polar surface area (TPSA) is 37.2 Å². The van der Waals surface area contributed by atoms with Crippen molar-refractivity contribution in [1.82, 2.24) is 19.9 Å². The third-order valence-corrected chi connectivity index (χ3v) is 6.17. The summed E-state index contributed by atoms with van der Waals surface area (Å²) in [7, 11) is 0. The highest BCUT2D eigenvalue weighted by molar-refractivity contribution is 6.33. The Morgan fingerprint density at radius 3 is 2.52 bits per heavy atom. The summed E-state index contributed by atoms with van der Waals surface area (Å²) in [5, 5.41) is 9.26. The zero-order valence-electron chi connectivity index (χ0n) is 17.2. The molecule has 0 atom stereocenters. The average Bonchev–Trinajstić information content (AvgIpc) is 3.20. The fourth-order valence-corrected chi connectivity index (χ4v) is 4.18. The number of hydrogen-bond donors (Lipinski definition) is 0. The van der Waals surface area contributed by atoms with Crippen LogP contribution in [0.3, 0.4) is 0 Å². The van der Waals surface area contributed by atoms with Crippen molar-refractivity contribution < 1.29 is 0 Å². The van der Waals surface area contributed by atoms with Crippen LogP contribution >= 0.6 is 11.6 Å². The molecule has 1 fully saturated rings. The molecule has 5 nitrogen and oxygen atoms in total. The number of aromatic nitrogens is 3. The number of aryl methyl sites for hydroxylation is 2. The lowest BCUT2D eigenvalue weighted by atomic mass is 10.1. The lowest BCUT2D eigenvalue weighted by Gasteiger charge is -2.37. The highest BCUT2D eigenvalue weighted by Crippen LogP contribution is 2.25. The molecule has 0 bridgehead atoms. The van der Waals surface area contributed by atoms with Crippen LogP contribution in [-0.2, 0) is 6.54 Å². The smallest absolute Gasteiger partial charge is 0.114 e. The second-order valence-corrected chi connectivity index (χ2v) is 8.16. The van der Waals surface area contributed by atoms with Gasteiger partial charge in [-0.25, -0.2) is 0 Å². The largest absolute Gasteiger partial charge is 0.369 e. The lowest BCUT2D eigenvalue weighted by Crippen LogP contribution is -2.47. The van der Waals surface area contributed by atoms with Gasteiger partial charge in [-0.15, -0.1) is 5.10 Å². The molecule has 2 aromatic carbocycles. The number of rotatable bonds is 6. The number of hydrogen-bond acceptors (Lipinski definition) is 4. The van der Waals surface area contributed by atoms with Gasteiger partial charge in [0, 0.05) is 50.5 Å². The Morgan fingerprint density at radius 1 is 0.931 bits per heavy atom. The molecule has 1 aliphatic rings. The number of anilines is 1. The normalized spacial score (nSPS) is 15.1. The van der Waals surface area contributed by atoms with Crippen LogP contribution in [0.5, 0.6) is 0 Å². The zero-order chi connectivity index (χ0) is 20.2. The van der Waals surface area contributed by atoms with Crippen LogP contribution in [0.2, 0.25) is 5.02 Å². The second-order valence-electron chi connectivity index (χ2n) is 7.75. The van der Waals surface area contributed by atoms with Crippen molar-refractivity contribution in [3.63, 3.8) is 0 Å². The molecular formula is C23H28ClN5. The minimum absolute atomic E-state index is 0.710. The molecule has 3 aromatic rings. The standard InChI is InChI=1S/C23H28ClN5/c1-18-7-5-10-23(19(18)2)28-15-13-27(14-16-28)11-6-12-29-17-22(25-26-29)20-8-3-4-9-21(20)24/h3-5,7-10,17H,6,11-16H2,1-2H3. The summed E-state index contributed by atoms with van der Waals surface area (Å²) in [6.45, 7) is 10.8. The lowest BCUT2D eigenvalue weighted by molar-refractivity contribution is 0.248. The van der Waals surface area contributed by atoms with Crippen LogP contribution < -0.4 is 4.90 Å². The van der Waals surface area contributed by atoms with Gasteiger partial charge in [0.05, 0.1) is 11.2 Å². The molecule has 0 radical (unpaired) electrons. The van der Waals surface area contributed by atoms with Crippen molar-refractivity contribution in [2.24, 2.45) is 0 Å². The fraction of sp³-hybridized carbons (Fsp3) is 0.391. The van der Waals surface area contributed by atoms with E-state index >= 15 is 0 Å². The van der Waals surface area contributed by atoms with Gasteiger partial charge in [0.15, 0.2) is 0 Å². The molecule has 4 rings (SSSR count). The van der Waals surface area contributed by atoms with Gasteiger partial charge in [-0.1, -0.05) is 47.1 Å².